The first-order chi connectivity index (χ1) is 8.11. The molecule has 0 amide bonds. The lowest BCUT2D eigenvalue weighted by molar-refractivity contribution is 0.0925. The Bertz CT molecular complexity index is 426. The Kier molecular flexibility index (Phi) is 3.48. The molecule has 1 aromatic rings. The third kappa shape index (κ3) is 2.50. The van der Waals surface area contributed by atoms with Crippen LogP contribution in [0.4, 0.5) is 0 Å². The Balaban J connectivity index is 2.12. The van der Waals surface area contributed by atoms with E-state index in [0.717, 1.165) is 36.3 Å². The molecule has 92 valence electrons. The van der Waals surface area contributed by atoms with Gasteiger partial charge in [-0.2, -0.15) is 0 Å². The standard InChI is InChI=1S/C14H19NO2/c1-15(2)7-6-10-8-11-9-12(17-3)4-5-13(11)14(10)16/h4-5,9-10H,6-8H2,1-3H3. The van der Waals surface area contributed by atoms with Crippen LogP contribution in [0.15, 0.2) is 18.2 Å². The zero-order valence-corrected chi connectivity index (χ0v) is 10.7. The van der Waals surface area contributed by atoms with Gasteiger partial charge < -0.3 is 9.64 Å². The van der Waals surface area contributed by atoms with Gasteiger partial charge in [-0.15, -0.1) is 0 Å². The molecule has 0 bridgehead atoms. The van der Waals surface area contributed by atoms with E-state index in [9.17, 15) is 4.79 Å². The molecule has 0 N–H and O–H groups in total. The summed E-state index contributed by atoms with van der Waals surface area (Å²) in [7, 11) is 5.73. The molecular weight excluding hydrogens is 214 g/mol. The zero-order chi connectivity index (χ0) is 12.4. The predicted octanol–water partition coefficient (Wildman–Crippen LogP) is 2.00. The number of ketones is 1. The second-order valence-electron chi connectivity index (χ2n) is 4.88. The molecule has 2 rings (SSSR count). The van der Waals surface area contributed by atoms with Gasteiger partial charge in [-0.25, -0.2) is 0 Å². The molecule has 3 heteroatoms. The van der Waals surface area contributed by atoms with Crippen molar-refractivity contribution in [3.8, 4) is 5.75 Å². The molecule has 1 atom stereocenters. The van der Waals surface area contributed by atoms with E-state index in [0.29, 0.717) is 5.78 Å². The van der Waals surface area contributed by atoms with E-state index in [2.05, 4.69) is 4.90 Å². The highest BCUT2D eigenvalue weighted by Gasteiger charge is 2.30. The van der Waals surface area contributed by atoms with E-state index in [1.807, 2.05) is 32.3 Å². The third-order valence-corrected chi connectivity index (χ3v) is 3.34. The molecule has 0 fully saturated rings. The molecule has 0 heterocycles. The highest BCUT2D eigenvalue weighted by molar-refractivity contribution is 6.02. The number of ether oxygens (including phenoxy) is 1. The van der Waals surface area contributed by atoms with Crippen molar-refractivity contribution in [2.45, 2.75) is 12.8 Å². The Morgan fingerprint density at radius 3 is 2.82 bits per heavy atom. The average Bonchev–Trinajstić information content (AvgIpc) is 2.63. The number of hydrogen-bond donors (Lipinski definition) is 0. The molecule has 17 heavy (non-hydrogen) atoms. The molecule has 0 saturated heterocycles. The minimum Gasteiger partial charge on any atom is -0.497 e. The number of carbonyl (C=O) groups excluding carboxylic acids is 1. The van der Waals surface area contributed by atoms with E-state index in [-0.39, 0.29) is 5.92 Å². The lowest BCUT2D eigenvalue weighted by atomic mass is 10.0. The number of benzene rings is 1. The number of carbonyl (C=O) groups is 1. The molecule has 0 radical (unpaired) electrons. The summed E-state index contributed by atoms with van der Waals surface area (Å²) in [6, 6.07) is 5.75. The van der Waals surface area contributed by atoms with E-state index >= 15 is 0 Å². The fraction of sp³-hybridized carbons (Fsp3) is 0.500. The van der Waals surface area contributed by atoms with E-state index in [1.54, 1.807) is 7.11 Å². The Morgan fingerprint density at radius 1 is 1.41 bits per heavy atom. The van der Waals surface area contributed by atoms with Crippen LogP contribution in [0, 0.1) is 5.92 Å². The minimum atomic E-state index is 0.152. The number of nitrogens with zero attached hydrogens (tertiary/aromatic N) is 1. The first kappa shape index (κ1) is 12.1. The maximum absolute atomic E-state index is 12.1. The number of rotatable bonds is 4. The van der Waals surface area contributed by atoms with Crippen LogP contribution in [0.25, 0.3) is 0 Å². The van der Waals surface area contributed by atoms with Crippen LogP contribution in [0.3, 0.4) is 0 Å². The van der Waals surface area contributed by atoms with Gasteiger partial charge in [0.2, 0.25) is 0 Å². The zero-order valence-electron chi connectivity index (χ0n) is 10.7. The van der Waals surface area contributed by atoms with Gasteiger partial charge in [0, 0.05) is 11.5 Å². The van der Waals surface area contributed by atoms with E-state index < -0.39 is 0 Å². The highest BCUT2D eigenvalue weighted by atomic mass is 16.5. The molecule has 1 aliphatic carbocycles. The summed E-state index contributed by atoms with van der Waals surface area (Å²) in [6.45, 7) is 0.960. The largest absolute Gasteiger partial charge is 0.497 e. The van der Waals surface area contributed by atoms with Crippen molar-refractivity contribution in [1.29, 1.82) is 0 Å². The first-order valence-corrected chi connectivity index (χ1v) is 5.97. The fourth-order valence-electron chi connectivity index (χ4n) is 2.33. The molecule has 1 aromatic carbocycles. The summed E-state index contributed by atoms with van der Waals surface area (Å²) in [5.74, 6) is 1.29. The van der Waals surface area contributed by atoms with Gasteiger partial charge >= 0.3 is 0 Å². The van der Waals surface area contributed by atoms with Gasteiger partial charge in [-0.3, -0.25) is 4.79 Å². The molecule has 1 aliphatic rings. The number of Topliss-reactive ketones (excluding diaryl/α,β-unsaturated/α-hetero) is 1. The summed E-state index contributed by atoms with van der Waals surface area (Å²) in [5.41, 5.74) is 2.02. The quantitative estimate of drug-likeness (QED) is 0.796. The van der Waals surface area contributed by atoms with Gasteiger partial charge in [0.25, 0.3) is 0 Å². The summed E-state index contributed by atoms with van der Waals surface area (Å²) in [5, 5.41) is 0. The van der Waals surface area contributed by atoms with Crippen LogP contribution < -0.4 is 4.74 Å². The number of methoxy groups -OCH3 is 1. The van der Waals surface area contributed by atoms with Crippen molar-refractivity contribution in [2.75, 3.05) is 27.7 Å². The summed E-state index contributed by atoms with van der Waals surface area (Å²) < 4.78 is 5.19. The first-order valence-electron chi connectivity index (χ1n) is 5.97. The van der Waals surface area contributed by atoms with E-state index in [4.69, 9.17) is 4.74 Å². The summed E-state index contributed by atoms with van der Waals surface area (Å²) in [4.78, 5) is 14.3. The Morgan fingerprint density at radius 2 is 2.18 bits per heavy atom. The molecule has 0 spiro atoms. The Hall–Kier alpha value is -1.35. The minimum absolute atomic E-state index is 0.152. The van der Waals surface area contributed by atoms with Crippen LogP contribution in [0.2, 0.25) is 0 Å². The van der Waals surface area contributed by atoms with Crippen LogP contribution >= 0.6 is 0 Å². The summed E-state index contributed by atoms with van der Waals surface area (Å²) in [6.07, 6.45) is 1.79. The van der Waals surface area contributed by atoms with Crippen LogP contribution in [0.5, 0.6) is 5.75 Å². The molecule has 0 aliphatic heterocycles. The van der Waals surface area contributed by atoms with Crippen molar-refractivity contribution in [3.63, 3.8) is 0 Å². The maximum atomic E-state index is 12.1. The van der Waals surface area contributed by atoms with E-state index in [1.165, 1.54) is 0 Å². The van der Waals surface area contributed by atoms with Crippen LogP contribution in [-0.2, 0) is 6.42 Å². The molecule has 1 unspecified atom stereocenters. The monoisotopic (exact) mass is 233 g/mol. The number of hydrogen-bond acceptors (Lipinski definition) is 3. The highest BCUT2D eigenvalue weighted by Crippen LogP contribution is 2.31. The Labute approximate surface area is 102 Å². The second kappa shape index (κ2) is 4.88. The molecule has 0 aromatic heterocycles. The number of fused-ring (bicyclic) bond motifs is 1. The van der Waals surface area contributed by atoms with Crippen molar-refractivity contribution in [2.24, 2.45) is 5.92 Å². The van der Waals surface area contributed by atoms with Crippen LogP contribution in [-0.4, -0.2) is 38.4 Å². The van der Waals surface area contributed by atoms with Gasteiger partial charge in [-0.05, 0) is 57.2 Å². The maximum Gasteiger partial charge on any atom is 0.166 e. The van der Waals surface area contributed by atoms with Gasteiger partial charge in [0.1, 0.15) is 5.75 Å². The smallest absolute Gasteiger partial charge is 0.166 e. The lowest BCUT2D eigenvalue weighted by Crippen LogP contribution is -2.19. The SMILES string of the molecule is COc1ccc2c(c1)CC(CCN(C)C)C2=O. The van der Waals surface area contributed by atoms with Crippen molar-refractivity contribution in [1.82, 2.24) is 4.90 Å². The third-order valence-electron chi connectivity index (χ3n) is 3.34. The van der Waals surface area contributed by atoms with Gasteiger partial charge in [0.05, 0.1) is 7.11 Å². The van der Waals surface area contributed by atoms with Crippen LogP contribution in [0.1, 0.15) is 22.3 Å². The normalized spacial score (nSPS) is 18.6. The average molecular weight is 233 g/mol. The van der Waals surface area contributed by atoms with Crippen molar-refractivity contribution in [3.05, 3.63) is 29.3 Å². The van der Waals surface area contributed by atoms with Crippen molar-refractivity contribution >= 4 is 5.78 Å². The van der Waals surface area contributed by atoms with Crippen molar-refractivity contribution < 1.29 is 9.53 Å². The summed E-state index contributed by atoms with van der Waals surface area (Å²) >= 11 is 0. The van der Waals surface area contributed by atoms with Gasteiger partial charge in [0.15, 0.2) is 5.78 Å². The fourth-order valence-corrected chi connectivity index (χ4v) is 2.33. The molecule has 0 saturated carbocycles. The molecular formula is C14H19NO2. The predicted molar refractivity (Wildman–Crippen MR) is 67.7 cm³/mol. The van der Waals surface area contributed by atoms with Gasteiger partial charge in [-0.1, -0.05) is 0 Å². The lowest BCUT2D eigenvalue weighted by Gasteiger charge is -2.12. The molecule has 3 nitrogen and oxygen atoms in total. The topological polar surface area (TPSA) is 29.5 Å². The second-order valence-corrected chi connectivity index (χ2v) is 4.88.